The number of benzene rings is 1. The monoisotopic (exact) mass is 371 g/mol. The Morgan fingerprint density at radius 3 is 2.50 bits per heavy atom. The minimum absolute atomic E-state index is 0.0149. The van der Waals surface area contributed by atoms with Crippen molar-refractivity contribution in [2.75, 3.05) is 5.32 Å². The van der Waals surface area contributed by atoms with E-state index in [1.165, 1.54) is 12.1 Å². The number of hydrogen-bond donors (Lipinski definition) is 1. The molecule has 8 heteroatoms. The molecule has 0 aliphatic heterocycles. The Hall–Kier alpha value is -1.08. The van der Waals surface area contributed by atoms with Gasteiger partial charge in [-0.25, -0.2) is 4.79 Å². The largest absolute Gasteiger partial charge is 0.444 e. The van der Waals surface area contributed by atoms with Crippen molar-refractivity contribution < 1.29 is 23.0 Å². The van der Waals surface area contributed by atoms with E-state index in [1.807, 2.05) is 0 Å². The Labute approximate surface area is 128 Å². The van der Waals surface area contributed by atoms with Crippen molar-refractivity contribution in [1.82, 2.24) is 0 Å². The first-order valence-corrected chi connectivity index (χ1v) is 6.69. The highest BCUT2D eigenvalue weighted by Crippen LogP contribution is 2.37. The first-order chi connectivity index (χ1) is 9.08. The summed E-state index contributed by atoms with van der Waals surface area (Å²) < 4.78 is 34.3. The van der Waals surface area contributed by atoms with E-state index in [0.717, 1.165) is 0 Å². The lowest BCUT2D eigenvalue weighted by atomic mass is 10.2. The molecule has 0 saturated heterocycles. The number of alkyl halides is 2. The molecule has 112 valence electrons. The van der Waals surface area contributed by atoms with Gasteiger partial charge in [0.15, 0.2) is 5.75 Å². The minimum atomic E-state index is -3.04. The van der Waals surface area contributed by atoms with Gasteiger partial charge in [0.05, 0.1) is 10.2 Å². The van der Waals surface area contributed by atoms with Crippen molar-refractivity contribution in [2.24, 2.45) is 0 Å². The van der Waals surface area contributed by atoms with E-state index in [2.05, 4.69) is 26.0 Å². The smallest absolute Gasteiger partial charge is 0.412 e. The second-order valence-electron chi connectivity index (χ2n) is 4.77. The quantitative estimate of drug-likeness (QED) is 0.807. The fourth-order valence-electron chi connectivity index (χ4n) is 1.28. The molecule has 1 rings (SSSR count). The van der Waals surface area contributed by atoms with Crippen LogP contribution in [0.5, 0.6) is 5.75 Å². The van der Waals surface area contributed by atoms with Crippen LogP contribution in [-0.2, 0) is 4.74 Å². The lowest BCUT2D eigenvalue weighted by molar-refractivity contribution is -0.0499. The maximum atomic E-state index is 12.4. The van der Waals surface area contributed by atoms with E-state index in [4.69, 9.17) is 16.3 Å². The third-order valence-electron chi connectivity index (χ3n) is 1.85. The molecule has 1 aromatic rings. The van der Waals surface area contributed by atoms with Gasteiger partial charge in [-0.05, 0) is 48.8 Å². The predicted molar refractivity (Wildman–Crippen MR) is 75.6 cm³/mol. The van der Waals surface area contributed by atoms with Crippen LogP contribution in [-0.4, -0.2) is 18.3 Å². The number of halogens is 4. The lowest BCUT2D eigenvalue weighted by Gasteiger charge is -2.20. The van der Waals surface area contributed by atoms with Gasteiger partial charge in [-0.2, -0.15) is 8.78 Å². The topological polar surface area (TPSA) is 47.6 Å². The van der Waals surface area contributed by atoms with Gasteiger partial charge in [0, 0.05) is 5.02 Å². The number of anilines is 1. The molecule has 0 spiro atoms. The highest BCUT2D eigenvalue weighted by atomic mass is 79.9. The van der Waals surface area contributed by atoms with Gasteiger partial charge in [-0.1, -0.05) is 11.6 Å². The van der Waals surface area contributed by atoms with Crippen molar-refractivity contribution in [3.63, 3.8) is 0 Å². The first kappa shape index (κ1) is 17.0. The van der Waals surface area contributed by atoms with Gasteiger partial charge in [0.2, 0.25) is 0 Å². The highest BCUT2D eigenvalue weighted by molar-refractivity contribution is 9.10. The molecule has 0 fully saturated rings. The van der Waals surface area contributed by atoms with E-state index in [1.54, 1.807) is 20.8 Å². The second kappa shape index (κ2) is 6.58. The SMILES string of the molecule is CC(C)(C)OC(=O)Nc1cc(Cl)cc(Br)c1OC(F)F. The number of carbonyl (C=O) groups is 1. The summed E-state index contributed by atoms with van der Waals surface area (Å²) in [6.07, 6.45) is -0.800. The molecule has 0 atom stereocenters. The Morgan fingerprint density at radius 2 is 2.00 bits per heavy atom. The van der Waals surface area contributed by atoms with Crippen LogP contribution in [0.3, 0.4) is 0 Å². The molecule has 0 aromatic heterocycles. The fourth-order valence-corrected chi connectivity index (χ4v) is 2.18. The Balaban J connectivity index is 3.01. The first-order valence-electron chi connectivity index (χ1n) is 5.52. The summed E-state index contributed by atoms with van der Waals surface area (Å²) in [7, 11) is 0. The van der Waals surface area contributed by atoms with Crippen LogP contribution in [0.1, 0.15) is 20.8 Å². The van der Waals surface area contributed by atoms with Gasteiger partial charge >= 0.3 is 12.7 Å². The molecule has 0 saturated carbocycles. The van der Waals surface area contributed by atoms with Gasteiger partial charge in [0.25, 0.3) is 0 Å². The Bertz CT molecular complexity index is 506. The summed E-state index contributed by atoms with van der Waals surface area (Å²) in [6.45, 7) is 2.00. The average Bonchev–Trinajstić information content (AvgIpc) is 2.19. The van der Waals surface area contributed by atoms with Crippen molar-refractivity contribution in [3.8, 4) is 5.75 Å². The van der Waals surface area contributed by atoms with Crippen LogP contribution in [0.15, 0.2) is 16.6 Å². The summed E-state index contributed by atoms with van der Waals surface area (Å²) in [4.78, 5) is 11.7. The number of carbonyl (C=O) groups excluding carboxylic acids is 1. The number of ether oxygens (including phenoxy) is 2. The summed E-state index contributed by atoms with van der Waals surface area (Å²) in [5, 5.41) is 2.56. The predicted octanol–water partition coefficient (Wildman–Crippen LogP) is 5.05. The number of hydrogen-bond acceptors (Lipinski definition) is 3. The van der Waals surface area contributed by atoms with Crippen molar-refractivity contribution >= 4 is 39.3 Å². The average molecular weight is 373 g/mol. The van der Waals surface area contributed by atoms with Crippen molar-refractivity contribution in [2.45, 2.75) is 33.0 Å². The third kappa shape index (κ3) is 5.50. The molecular weight excluding hydrogens is 359 g/mol. The molecule has 20 heavy (non-hydrogen) atoms. The Kier molecular flexibility index (Phi) is 5.59. The van der Waals surface area contributed by atoms with E-state index in [9.17, 15) is 13.6 Å². The fraction of sp³-hybridized carbons (Fsp3) is 0.417. The Morgan fingerprint density at radius 1 is 1.40 bits per heavy atom. The van der Waals surface area contributed by atoms with Crippen LogP contribution < -0.4 is 10.1 Å². The molecule has 1 N–H and O–H groups in total. The van der Waals surface area contributed by atoms with Crippen molar-refractivity contribution in [3.05, 3.63) is 21.6 Å². The van der Waals surface area contributed by atoms with Crippen LogP contribution in [0, 0.1) is 0 Å². The second-order valence-corrected chi connectivity index (χ2v) is 6.06. The molecule has 1 aromatic carbocycles. The summed E-state index contributed by atoms with van der Waals surface area (Å²) in [6, 6.07) is 2.66. The molecule has 0 aliphatic carbocycles. The van der Waals surface area contributed by atoms with E-state index < -0.39 is 18.3 Å². The lowest BCUT2D eigenvalue weighted by Crippen LogP contribution is -2.27. The van der Waals surface area contributed by atoms with Crippen LogP contribution in [0.25, 0.3) is 0 Å². The molecular formula is C12H13BrClF2NO3. The number of nitrogens with one attached hydrogen (secondary N) is 1. The van der Waals surface area contributed by atoms with Gasteiger partial charge < -0.3 is 9.47 Å². The van der Waals surface area contributed by atoms with Crippen LogP contribution in [0.4, 0.5) is 19.3 Å². The maximum absolute atomic E-state index is 12.4. The molecule has 0 bridgehead atoms. The maximum Gasteiger partial charge on any atom is 0.412 e. The zero-order chi connectivity index (χ0) is 15.5. The van der Waals surface area contributed by atoms with Gasteiger partial charge in [-0.3, -0.25) is 5.32 Å². The zero-order valence-corrected chi connectivity index (χ0v) is 13.3. The van der Waals surface area contributed by atoms with E-state index >= 15 is 0 Å². The summed E-state index contributed by atoms with van der Waals surface area (Å²) in [5.74, 6) is -0.227. The number of amides is 1. The molecule has 0 aliphatic rings. The normalized spacial score (nSPS) is 11.4. The van der Waals surface area contributed by atoms with Crippen molar-refractivity contribution in [1.29, 1.82) is 0 Å². The van der Waals surface area contributed by atoms with Gasteiger partial charge in [0.1, 0.15) is 5.60 Å². The third-order valence-corrected chi connectivity index (χ3v) is 2.66. The molecule has 0 radical (unpaired) electrons. The molecule has 1 amide bonds. The van der Waals surface area contributed by atoms with Crippen LogP contribution >= 0.6 is 27.5 Å². The summed E-state index contributed by atoms with van der Waals surface area (Å²) in [5.41, 5.74) is -0.734. The molecule has 4 nitrogen and oxygen atoms in total. The zero-order valence-electron chi connectivity index (χ0n) is 11.0. The van der Waals surface area contributed by atoms with E-state index in [-0.39, 0.29) is 20.9 Å². The molecule has 0 unspecified atom stereocenters. The van der Waals surface area contributed by atoms with E-state index in [0.29, 0.717) is 0 Å². The van der Waals surface area contributed by atoms with Gasteiger partial charge in [-0.15, -0.1) is 0 Å². The molecule has 0 heterocycles. The minimum Gasteiger partial charge on any atom is -0.444 e. The number of rotatable bonds is 3. The summed E-state index contributed by atoms with van der Waals surface area (Å²) >= 11 is 8.85. The van der Waals surface area contributed by atoms with Crippen LogP contribution in [0.2, 0.25) is 5.02 Å². The highest BCUT2D eigenvalue weighted by Gasteiger charge is 2.20. The standard InChI is InChI=1S/C12H13BrClF2NO3/c1-12(2,3)20-11(18)17-8-5-6(14)4-7(13)9(8)19-10(15)16/h4-5,10H,1-3H3,(H,17,18).